The normalized spacial score (nSPS) is 24.5. The first-order valence-electron chi connectivity index (χ1n) is 10.5. The van der Waals surface area contributed by atoms with E-state index in [1.165, 1.54) is 5.56 Å². The molecule has 2 saturated heterocycles. The van der Waals surface area contributed by atoms with Crippen LogP contribution in [0.2, 0.25) is 5.02 Å². The molecule has 2 aliphatic rings. The number of amides is 1. The Morgan fingerprint density at radius 1 is 1.24 bits per heavy atom. The molecule has 2 heterocycles. The highest BCUT2D eigenvalue weighted by atomic mass is 35.5. The molecule has 0 unspecified atom stereocenters. The van der Waals surface area contributed by atoms with Gasteiger partial charge in [-0.05, 0) is 57.7 Å². The van der Waals surface area contributed by atoms with Crippen LogP contribution >= 0.6 is 11.6 Å². The summed E-state index contributed by atoms with van der Waals surface area (Å²) in [6, 6.07) is 8.57. The van der Waals surface area contributed by atoms with Crippen molar-refractivity contribution in [2.75, 3.05) is 32.8 Å². The number of halogens is 1. The van der Waals surface area contributed by atoms with Crippen LogP contribution in [0.25, 0.3) is 0 Å². The van der Waals surface area contributed by atoms with Gasteiger partial charge in [0.15, 0.2) is 0 Å². The smallest absolute Gasteiger partial charge is 0.410 e. The Morgan fingerprint density at radius 3 is 2.48 bits per heavy atom. The standard InChI is InChI=1S/C22H33ClN2O4/c1-22(2,3)29-21(27)24-10-8-18(9-11-24)25-13-20(14-26)28-15-19(25)12-16-4-6-17(23)7-5-16/h4-7,18-20,26H,8-15H2,1-3H3/t19-,20+/m0/s1. The van der Waals surface area contributed by atoms with Gasteiger partial charge in [-0.1, -0.05) is 23.7 Å². The molecule has 2 fully saturated rings. The van der Waals surface area contributed by atoms with Crippen LogP contribution in [0.3, 0.4) is 0 Å². The Morgan fingerprint density at radius 2 is 1.90 bits per heavy atom. The third kappa shape index (κ3) is 6.32. The lowest BCUT2D eigenvalue weighted by molar-refractivity contribution is -0.102. The Labute approximate surface area is 178 Å². The maximum Gasteiger partial charge on any atom is 0.410 e. The fraction of sp³-hybridized carbons (Fsp3) is 0.682. The van der Waals surface area contributed by atoms with Crippen LogP contribution in [0, 0.1) is 0 Å². The van der Waals surface area contributed by atoms with Crippen LogP contribution in [0.5, 0.6) is 0 Å². The fourth-order valence-electron chi connectivity index (χ4n) is 4.11. The molecule has 6 nitrogen and oxygen atoms in total. The minimum Gasteiger partial charge on any atom is -0.444 e. The molecular weight excluding hydrogens is 392 g/mol. The van der Waals surface area contributed by atoms with Crippen LogP contribution in [-0.4, -0.2) is 77.6 Å². The van der Waals surface area contributed by atoms with Gasteiger partial charge < -0.3 is 19.5 Å². The van der Waals surface area contributed by atoms with Crippen molar-refractivity contribution < 1.29 is 19.4 Å². The number of carbonyl (C=O) groups excluding carboxylic acids is 1. The number of piperidine rings is 1. The summed E-state index contributed by atoms with van der Waals surface area (Å²) in [5.41, 5.74) is 0.748. The first-order valence-corrected chi connectivity index (χ1v) is 10.8. The highest BCUT2D eigenvalue weighted by molar-refractivity contribution is 6.30. The Kier molecular flexibility index (Phi) is 7.43. The molecule has 162 valence electrons. The van der Waals surface area contributed by atoms with Gasteiger partial charge in [0.2, 0.25) is 0 Å². The maximum atomic E-state index is 12.4. The lowest BCUT2D eigenvalue weighted by Gasteiger charge is -2.46. The monoisotopic (exact) mass is 424 g/mol. The fourth-order valence-corrected chi connectivity index (χ4v) is 4.24. The summed E-state index contributed by atoms with van der Waals surface area (Å²) in [6.07, 6.45) is 2.29. The first kappa shape index (κ1) is 22.3. The van der Waals surface area contributed by atoms with Crippen molar-refractivity contribution in [3.8, 4) is 0 Å². The van der Waals surface area contributed by atoms with E-state index in [4.69, 9.17) is 21.1 Å². The van der Waals surface area contributed by atoms with Crippen LogP contribution < -0.4 is 0 Å². The minimum absolute atomic E-state index is 0.0287. The van der Waals surface area contributed by atoms with Gasteiger partial charge in [0.05, 0.1) is 19.3 Å². The van der Waals surface area contributed by atoms with Crippen LogP contribution in [0.1, 0.15) is 39.2 Å². The lowest BCUT2D eigenvalue weighted by atomic mass is 9.96. The molecule has 7 heteroatoms. The van der Waals surface area contributed by atoms with Gasteiger partial charge in [0, 0.05) is 36.7 Å². The highest BCUT2D eigenvalue weighted by Gasteiger charge is 2.36. The second kappa shape index (κ2) is 9.65. The molecule has 1 aromatic rings. The Balaban J connectivity index is 1.62. The zero-order chi connectivity index (χ0) is 21.0. The van der Waals surface area contributed by atoms with E-state index in [0.717, 1.165) is 24.3 Å². The molecular formula is C22H33ClN2O4. The van der Waals surface area contributed by atoms with Crippen molar-refractivity contribution >= 4 is 17.7 Å². The molecule has 0 spiro atoms. The third-order valence-corrected chi connectivity index (χ3v) is 5.83. The number of carbonyl (C=O) groups is 1. The molecule has 0 aromatic heterocycles. The van der Waals surface area contributed by atoms with Gasteiger partial charge in [0.1, 0.15) is 5.60 Å². The molecule has 3 rings (SSSR count). The molecule has 29 heavy (non-hydrogen) atoms. The maximum absolute atomic E-state index is 12.4. The molecule has 0 bridgehead atoms. The van der Waals surface area contributed by atoms with Crippen molar-refractivity contribution in [2.45, 2.75) is 63.8 Å². The minimum atomic E-state index is -0.476. The molecule has 1 N–H and O–H groups in total. The number of benzene rings is 1. The number of rotatable bonds is 4. The molecule has 1 amide bonds. The van der Waals surface area contributed by atoms with E-state index in [1.807, 2.05) is 32.9 Å². The number of nitrogens with zero attached hydrogens (tertiary/aromatic N) is 2. The van der Waals surface area contributed by atoms with E-state index in [9.17, 15) is 9.90 Å². The van der Waals surface area contributed by atoms with Crippen molar-refractivity contribution in [3.63, 3.8) is 0 Å². The average molecular weight is 425 g/mol. The zero-order valence-corrected chi connectivity index (χ0v) is 18.4. The molecule has 0 saturated carbocycles. The first-order chi connectivity index (χ1) is 13.7. The van der Waals surface area contributed by atoms with Gasteiger partial charge in [-0.3, -0.25) is 4.90 Å². The quantitative estimate of drug-likeness (QED) is 0.803. The van der Waals surface area contributed by atoms with Crippen molar-refractivity contribution in [2.24, 2.45) is 0 Å². The lowest BCUT2D eigenvalue weighted by Crippen LogP contribution is -2.58. The van der Waals surface area contributed by atoms with Gasteiger partial charge >= 0.3 is 6.09 Å². The number of aliphatic hydroxyl groups excluding tert-OH is 1. The number of morpholine rings is 1. The highest BCUT2D eigenvalue weighted by Crippen LogP contribution is 2.26. The van der Waals surface area contributed by atoms with Crippen molar-refractivity contribution in [1.29, 1.82) is 0 Å². The number of hydrogen-bond acceptors (Lipinski definition) is 5. The van der Waals surface area contributed by atoms with E-state index in [1.54, 1.807) is 4.90 Å². The predicted octanol–water partition coefficient (Wildman–Crippen LogP) is 3.34. The largest absolute Gasteiger partial charge is 0.444 e. The molecule has 2 atom stereocenters. The molecule has 1 aromatic carbocycles. The van der Waals surface area contributed by atoms with Crippen molar-refractivity contribution in [1.82, 2.24) is 9.80 Å². The van der Waals surface area contributed by atoms with E-state index in [0.29, 0.717) is 32.3 Å². The number of likely N-dealkylation sites (tertiary alicyclic amines) is 1. The van der Waals surface area contributed by atoms with Crippen LogP contribution in [0.15, 0.2) is 24.3 Å². The zero-order valence-electron chi connectivity index (χ0n) is 17.6. The molecule has 0 radical (unpaired) electrons. The summed E-state index contributed by atoms with van der Waals surface area (Å²) in [5, 5.41) is 10.3. The Hall–Kier alpha value is -1.34. The van der Waals surface area contributed by atoms with E-state index < -0.39 is 5.60 Å². The molecule has 2 aliphatic heterocycles. The summed E-state index contributed by atoms with van der Waals surface area (Å²) in [6.45, 7) is 8.39. The Bertz CT molecular complexity index is 668. The summed E-state index contributed by atoms with van der Waals surface area (Å²) < 4.78 is 11.4. The average Bonchev–Trinajstić information content (AvgIpc) is 2.69. The van der Waals surface area contributed by atoms with Gasteiger partial charge in [-0.15, -0.1) is 0 Å². The second-order valence-corrected chi connectivity index (χ2v) is 9.45. The van der Waals surface area contributed by atoms with Gasteiger partial charge in [-0.25, -0.2) is 4.79 Å². The van der Waals surface area contributed by atoms with E-state index in [2.05, 4.69) is 17.0 Å². The third-order valence-electron chi connectivity index (χ3n) is 5.58. The van der Waals surface area contributed by atoms with Crippen LogP contribution in [-0.2, 0) is 15.9 Å². The summed E-state index contributed by atoms with van der Waals surface area (Å²) in [5.74, 6) is 0. The predicted molar refractivity (Wildman–Crippen MR) is 113 cm³/mol. The molecule has 0 aliphatic carbocycles. The van der Waals surface area contributed by atoms with Crippen LogP contribution in [0.4, 0.5) is 4.79 Å². The number of aliphatic hydroxyl groups is 1. The van der Waals surface area contributed by atoms with Crippen molar-refractivity contribution in [3.05, 3.63) is 34.9 Å². The van der Waals surface area contributed by atoms with Gasteiger partial charge in [0.25, 0.3) is 0 Å². The summed E-state index contributed by atoms with van der Waals surface area (Å²) >= 11 is 6.02. The number of hydrogen-bond donors (Lipinski definition) is 1. The van der Waals surface area contributed by atoms with E-state index in [-0.39, 0.29) is 24.8 Å². The number of ether oxygens (including phenoxy) is 2. The summed E-state index contributed by atoms with van der Waals surface area (Å²) in [7, 11) is 0. The topological polar surface area (TPSA) is 62.2 Å². The second-order valence-electron chi connectivity index (χ2n) is 9.02. The van der Waals surface area contributed by atoms with E-state index >= 15 is 0 Å². The van der Waals surface area contributed by atoms with Gasteiger partial charge in [-0.2, -0.15) is 0 Å². The SMILES string of the molecule is CC(C)(C)OC(=O)N1CCC(N2C[C@H](CO)OC[C@@H]2Cc2ccc(Cl)cc2)CC1. The summed E-state index contributed by atoms with van der Waals surface area (Å²) in [4.78, 5) is 16.6.